The summed E-state index contributed by atoms with van der Waals surface area (Å²) >= 11 is 0. The third-order valence-corrected chi connectivity index (χ3v) is 2.52. The molecule has 2 rings (SSSR count). The zero-order chi connectivity index (χ0) is 14.5. The number of amides is 1. The number of rotatable bonds is 4. The van der Waals surface area contributed by atoms with Crippen molar-refractivity contribution in [2.24, 2.45) is 0 Å². The number of hydrazine groups is 1. The van der Waals surface area contributed by atoms with Crippen LogP contribution in [0.25, 0.3) is 10.9 Å². The first-order chi connectivity index (χ1) is 9.58. The predicted octanol–water partition coefficient (Wildman–Crippen LogP) is -0.231. The third-order valence-electron chi connectivity index (χ3n) is 2.52. The summed E-state index contributed by atoms with van der Waals surface area (Å²) in [6.45, 7) is 1.27. The van der Waals surface area contributed by atoms with E-state index >= 15 is 0 Å². The number of para-hydroxylation sites is 1. The molecule has 0 radical (unpaired) electrons. The van der Waals surface area contributed by atoms with Crippen molar-refractivity contribution in [3.05, 3.63) is 42.2 Å². The Hall–Kier alpha value is -2.96. The highest BCUT2D eigenvalue weighted by Crippen LogP contribution is 2.17. The van der Waals surface area contributed by atoms with E-state index in [-0.39, 0.29) is 5.57 Å². The Bertz CT molecular complexity index is 692. The van der Waals surface area contributed by atoms with Crippen molar-refractivity contribution >= 4 is 28.6 Å². The molecule has 0 fully saturated rings. The summed E-state index contributed by atoms with van der Waals surface area (Å²) in [7, 11) is 0. The Labute approximate surface area is 114 Å². The van der Waals surface area contributed by atoms with E-state index < -0.39 is 11.9 Å². The van der Waals surface area contributed by atoms with E-state index in [1.54, 1.807) is 6.07 Å². The Balaban J connectivity index is 2.12. The summed E-state index contributed by atoms with van der Waals surface area (Å²) in [5.74, 6) is -1.59. The second kappa shape index (κ2) is 5.79. The number of fused-ring (bicyclic) bond motifs is 1. The lowest BCUT2D eigenvalue weighted by atomic mass is 10.2. The fourth-order valence-corrected chi connectivity index (χ4v) is 1.52. The molecule has 7 nitrogen and oxygen atoms in total. The van der Waals surface area contributed by atoms with Crippen LogP contribution in [0.4, 0.5) is 5.82 Å². The largest absolute Gasteiger partial charge is 0.545 e. The van der Waals surface area contributed by atoms with Crippen LogP contribution in [-0.2, 0) is 9.59 Å². The van der Waals surface area contributed by atoms with Gasteiger partial charge in [0.1, 0.15) is 6.33 Å². The van der Waals surface area contributed by atoms with E-state index in [9.17, 15) is 14.7 Å². The maximum atomic E-state index is 11.5. The predicted molar refractivity (Wildman–Crippen MR) is 70.1 cm³/mol. The molecular formula is C13H11N4O3-. The van der Waals surface area contributed by atoms with Gasteiger partial charge >= 0.3 is 0 Å². The van der Waals surface area contributed by atoms with Crippen LogP contribution in [0.2, 0.25) is 0 Å². The Morgan fingerprint density at radius 1 is 1.25 bits per heavy atom. The normalized spacial score (nSPS) is 11.2. The first-order valence-electron chi connectivity index (χ1n) is 5.73. The first kappa shape index (κ1) is 13.5. The van der Waals surface area contributed by atoms with Gasteiger partial charge in [0, 0.05) is 11.5 Å². The number of hydrogen-bond acceptors (Lipinski definition) is 6. The van der Waals surface area contributed by atoms with Gasteiger partial charge in [-0.25, -0.2) is 9.97 Å². The van der Waals surface area contributed by atoms with Gasteiger partial charge in [-0.2, -0.15) is 0 Å². The molecule has 0 saturated heterocycles. The van der Waals surface area contributed by atoms with Crippen molar-refractivity contribution < 1.29 is 14.7 Å². The van der Waals surface area contributed by atoms with Crippen molar-refractivity contribution in [3.63, 3.8) is 0 Å². The lowest BCUT2D eigenvalue weighted by Gasteiger charge is -2.08. The minimum Gasteiger partial charge on any atom is -0.545 e. The number of carboxylic acids is 1. The van der Waals surface area contributed by atoms with Crippen LogP contribution in [0.15, 0.2) is 42.2 Å². The quantitative estimate of drug-likeness (QED) is 0.587. The van der Waals surface area contributed by atoms with Crippen LogP contribution in [0.1, 0.15) is 6.92 Å². The highest BCUT2D eigenvalue weighted by molar-refractivity contribution is 5.97. The van der Waals surface area contributed by atoms with Crippen LogP contribution in [0.5, 0.6) is 0 Å². The molecule has 2 N–H and O–H groups in total. The van der Waals surface area contributed by atoms with Gasteiger partial charge in [0.05, 0.1) is 11.5 Å². The van der Waals surface area contributed by atoms with Gasteiger partial charge in [0.25, 0.3) is 5.91 Å². The zero-order valence-electron chi connectivity index (χ0n) is 10.6. The molecule has 0 saturated carbocycles. The molecule has 0 spiro atoms. The lowest BCUT2D eigenvalue weighted by molar-refractivity contribution is -0.299. The Kier molecular flexibility index (Phi) is 3.90. The van der Waals surface area contributed by atoms with Crippen LogP contribution in [-0.4, -0.2) is 21.8 Å². The number of anilines is 1. The van der Waals surface area contributed by atoms with Gasteiger partial charge in [0.15, 0.2) is 5.82 Å². The Morgan fingerprint density at radius 2 is 2.00 bits per heavy atom. The second-order valence-electron chi connectivity index (χ2n) is 3.97. The number of carbonyl (C=O) groups excluding carboxylic acids is 2. The van der Waals surface area contributed by atoms with Crippen molar-refractivity contribution in [3.8, 4) is 0 Å². The molecule has 0 bridgehead atoms. The summed E-state index contributed by atoms with van der Waals surface area (Å²) in [6, 6.07) is 7.26. The van der Waals surface area contributed by atoms with Crippen LogP contribution >= 0.6 is 0 Å². The molecule has 0 atom stereocenters. The summed E-state index contributed by atoms with van der Waals surface area (Å²) in [4.78, 5) is 30.1. The monoisotopic (exact) mass is 271 g/mol. The third kappa shape index (κ3) is 3.08. The van der Waals surface area contributed by atoms with E-state index in [2.05, 4.69) is 20.8 Å². The van der Waals surface area contributed by atoms with Gasteiger partial charge in [-0.1, -0.05) is 12.1 Å². The zero-order valence-corrected chi connectivity index (χ0v) is 10.6. The number of carbonyl (C=O) groups is 2. The number of carboxylic acid groups (broad SMARTS) is 1. The topological polar surface area (TPSA) is 107 Å². The smallest absolute Gasteiger partial charge is 0.262 e. The molecule has 20 heavy (non-hydrogen) atoms. The van der Waals surface area contributed by atoms with Crippen molar-refractivity contribution in [1.82, 2.24) is 15.4 Å². The van der Waals surface area contributed by atoms with Crippen molar-refractivity contribution in [1.29, 1.82) is 0 Å². The highest BCUT2D eigenvalue weighted by Gasteiger charge is 2.03. The highest BCUT2D eigenvalue weighted by atomic mass is 16.4. The fourth-order valence-electron chi connectivity index (χ4n) is 1.52. The number of aromatic nitrogens is 2. The summed E-state index contributed by atoms with van der Waals surface area (Å²) in [5, 5.41) is 11.2. The van der Waals surface area contributed by atoms with Crippen LogP contribution < -0.4 is 16.0 Å². The maximum Gasteiger partial charge on any atom is 0.262 e. The molecular weight excluding hydrogens is 260 g/mol. The molecule has 102 valence electrons. The van der Waals surface area contributed by atoms with E-state index in [0.29, 0.717) is 5.82 Å². The molecule has 1 aromatic carbocycles. The van der Waals surface area contributed by atoms with E-state index in [1.807, 2.05) is 18.2 Å². The Morgan fingerprint density at radius 3 is 2.75 bits per heavy atom. The molecule has 2 aromatic rings. The SMILES string of the molecule is C/C(=C/C(=O)NNc1ncnc2ccccc12)C(=O)[O-]. The van der Waals surface area contributed by atoms with Crippen LogP contribution in [0.3, 0.4) is 0 Å². The molecule has 0 aliphatic heterocycles. The van der Waals surface area contributed by atoms with Crippen molar-refractivity contribution in [2.75, 3.05) is 5.43 Å². The fraction of sp³-hybridized carbons (Fsp3) is 0.0769. The number of hydrogen-bond donors (Lipinski definition) is 2. The first-order valence-corrected chi connectivity index (χ1v) is 5.73. The summed E-state index contributed by atoms with van der Waals surface area (Å²) < 4.78 is 0. The molecule has 1 amide bonds. The van der Waals surface area contributed by atoms with Crippen molar-refractivity contribution in [2.45, 2.75) is 6.92 Å². The van der Waals surface area contributed by atoms with Gasteiger partial charge in [-0.3, -0.25) is 15.6 Å². The number of nitrogens with zero attached hydrogens (tertiary/aromatic N) is 2. The summed E-state index contributed by atoms with van der Waals surface area (Å²) in [5.41, 5.74) is 5.51. The molecule has 0 unspecified atom stereocenters. The van der Waals surface area contributed by atoms with E-state index in [1.165, 1.54) is 13.3 Å². The molecule has 0 aliphatic rings. The molecule has 0 aliphatic carbocycles. The van der Waals surface area contributed by atoms with E-state index in [4.69, 9.17) is 0 Å². The molecule has 7 heteroatoms. The van der Waals surface area contributed by atoms with Crippen LogP contribution in [0, 0.1) is 0 Å². The van der Waals surface area contributed by atoms with Gasteiger partial charge in [0.2, 0.25) is 0 Å². The van der Waals surface area contributed by atoms with Gasteiger partial charge in [-0.05, 0) is 24.6 Å². The number of nitrogens with one attached hydrogen (secondary N) is 2. The minimum absolute atomic E-state index is 0.170. The number of aliphatic carboxylic acids is 1. The average Bonchev–Trinajstić information content (AvgIpc) is 2.44. The van der Waals surface area contributed by atoms with E-state index in [0.717, 1.165) is 17.0 Å². The summed E-state index contributed by atoms with van der Waals surface area (Å²) in [6.07, 6.45) is 2.28. The lowest BCUT2D eigenvalue weighted by Crippen LogP contribution is -2.30. The van der Waals surface area contributed by atoms with Gasteiger partial charge in [-0.15, -0.1) is 0 Å². The molecule has 1 heterocycles. The minimum atomic E-state index is -1.40. The van der Waals surface area contributed by atoms with Gasteiger partial charge < -0.3 is 9.90 Å². The average molecular weight is 271 g/mol. The molecule has 1 aromatic heterocycles. The second-order valence-corrected chi connectivity index (χ2v) is 3.97. The maximum absolute atomic E-state index is 11.5. The standard InChI is InChI=1S/C13H12N4O3/c1-8(13(19)20)6-11(18)16-17-12-9-4-2-3-5-10(9)14-7-15-12/h2-7H,1H3,(H,16,18)(H,19,20)(H,14,15,17)/p-1/b8-6-. The number of benzene rings is 1.